The second kappa shape index (κ2) is 3.20. The molecule has 0 saturated carbocycles. The van der Waals surface area contributed by atoms with E-state index in [9.17, 15) is 4.79 Å². The van der Waals surface area contributed by atoms with Crippen LogP contribution in [0.4, 0.5) is 0 Å². The summed E-state index contributed by atoms with van der Waals surface area (Å²) in [5.41, 5.74) is -0.745. The third kappa shape index (κ3) is 2.08. The Kier molecular flexibility index (Phi) is 2.40. The van der Waals surface area contributed by atoms with Crippen LogP contribution >= 0.6 is 0 Å². The molecule has 1 aromatic heterocycles. The Morgan fingerprint density at radius 1 is 1.69 bits per heavy atom. The van der Waals surface area contributed by atoms with E-state index in [2.05, 4.69) is 4.98 Å². The molecule has 0 aromatic carbocycles. The predicted molar refractivity (Wildman–Crippen MR) is 48.4 cm³/mol. The Balaban J connectivity index is 2.80. The van der Waals surface area contributed by atoms with E-state index in [4.69, 9.17) is 5.11 Å². The SMILES string of the molecule is Cc1nccn1CC(C)(C)C(=O)O. The number of aryl methyl sites for hydroxylation is 1. The Morgan fingerprint density at radius 2 is 2.31 bits per heavy atom. The molecule has 72 valence electrons. The van der Waals surface area contributed by atoms with Gasteiger partial charge in [0, 0.05) is 18.9 Å². The van der Waals surface area contributed by atoms with Crippen molar-refractivity contribution in [1.82, 2.24) is 9.55 Å². The minimum absolute atomic E-state index is 0.453. The molecule has 1 aromatic rings. The van der Waals surface area contributed by atoms with Crippen molar-refractivity contribution in [2.75, 3.05) is 0 Å². The maximum Gasteiger partial charge on any atom is 0.310 e. The molecular formula is C9H14N2O2. The molecule has 0 spiro atoms. The molecule has 4 heteroatoms. The highest BCUT2D eigenvalue weighted by atomic mass is 16.4. The number of carboxylic acid groups (broad SMARTS) is 1. The lowest BCUT2D eigenvalue weighted by Crippen LogP contribution is -2.29. The minimum Gasteiger partial charge on any atom is -0.481 e. The van der Waals surface area contributed by atoms with E-state index in [-0.39, 0.29) is 0 Å². The number of rotatable bonds is 3. The maximum absolute atomic E-state index is 10.8. The van der Waals surface area contributed by atoms with Gasteiger partial charge in [0.1, 0.15) is 5.82 Å². The fourth-order valence-electron chi connectivity index (χ4n) is 1.06. The molecule has 0 atom stereocenters. The van der Waals surface area contributed by atoms with Crippen molar-refractivity contribution >= 4 is 5.97 Å². The van der Waals surface area contributed by atoms with E-state index in [0.29, 0.717) is 6.54 Å². The zero-order valence-electron chi connectivity index (χ0n) is 8.11. The van der Waals surface area contributed by atoms with Crippen LogP contribution in [0.25, 0.3) is 0 Å². The largest absolute Gasteiger partial charge is 0.481 e. The molecule has 0 fully saturated rings. The van der Waals surface area contributed by atoms with Crippen LogP contribution in [0, 0.1) is 12.3 Å². The van der Waals surface area contributed by atoms with Gasteiger partial charge < -0.3 is 9.67 Å². The van der Waals surface area contributed by atoms with Crippen LogP contribution in [-0.2, 0) is 11.3 Å². The third-order valence-electron chi connectivity index (χ3n) is 2.07. The topological polar surface area (TPSA) is 55.1 Å². The lowest BCUT2D eigenvalue weighted by Gasteiger charge is -2.20. The average molecular weight is 182 g/mol. The highest BCUT2D eigenvalue weighted by Crippen LogP contribution is 2.18. The molecule has 0 radical (unpaired) electrons. The summed E-state index contributed by atoms with van der Waals surface area (Å²) in [6.45, 7) is 5.72. The zero-order chi connectivity index (χ0) is 10.1. The normalized spacial score (nSPS) is 11.6. The fourth-order valence-corrected chi connectivity index (χ4v) is 1.06. The molecule has 0 amide bonds. The Hall–Kier alpha value is -1.32. The van der Waals surface area contributed by atoms with Crippen LogP contribution in [-0.4, -0.2) is 20.6 Å². The zero-order valence-corrected chi connectivity index (χ0v) is 8.11. The summed E-state index contributed by atoms with van der Waals surface area (Å²) in [6, 6.07) is 0. The Bertz CT molecular complexity index is 315. The maximum atomic E-state index is 10.8. The average Bonchev–Trinajstić information content (AvgIpc) is 2.35. The van der Waals surface area contributed by atoms with E-state index in [1.54, 1.807) is 26.2 Å². The van der Waals surface area contributed by atoms with Gasteiger partial charge >= 0.3 is 5.97 Å². The van der Waals surface area contributed by atoms with Crippen LogP contribution in [0.3, 0.4) is 0 Å². The van der Waals surface area contributed by atoms with Crippen molar-refractivity contribution in [2.45, 2.75) is 27.3 Å². The second-order valence-corrected chi connectivity index (χ2v) is 3.79. The third-order valence-corrected chi connectivity index (χ3v) is 2.07. The van der Waals surface area contributed by atoms with Gasteiger partial charge in [-0.05, 0) is 20.8 Å². The smallest absolute Gasteiger partial charge is 0.310 e. The Morgan fingerprint density at radius 3 is 2.69 bits per heavy atom. The Labute approximate surface area is 77.2 Å². The quantitative estimate of drug-likeness (QED) is 0.766. The van der Waals surface area contributed by atoms with Crippen molar-refractivity contribution in [3.8, 4) is 0 Å². The summed E-state index contributed by atoms with van der Waals surface area (Å²) >= 11 is 0. The molecular weight excluding hydrogens is 168 g/mol. The molecule has 0 saturated heterocycles. The molecule has 4 nitrogen and oxygen atoms in total. The van der Waals surface area contributed by atoms with Crippen LogP contribution in [0.5, 0.6) is 0 Å². The number of imidazole rings is 1. The van der Waals surface area contributed by atoms with Crippen molar-refractivity contribution in [3.05, 3.63) is 18.2 Å². The van der Waals surface area contributed by atoms with Gasteiger partial charge in [-0.1, -0.05) is 0 Å². The van der Waals surface area contributed by atoms with Crippen LogP contribution < -0.4 is 0 Å². The van der Waals surface area contributed by atoms with E-state index in [0.717, 1.165) is 5.82 Å². The van der Waals surface area contributed by atoms with E-state index in [1.807, 2.05) is 11.5 Å². The monoisotopic (exact) mass is 182 g/mol. The summed E-state index contributed by atoms with van der Waals surface area (Å²) in [4.78, 5) is 14.9. The van der Waals surface area contributed by atoms with Gasteiger partial charge in [-0.25, -0.2) is 4.98 Å². The molecule has 1 N–H and O–H groups in total. The summed E-state index contributed by atoms with van der Waals surface area (Å²) in [5.74, 6) is 0.0509. The van der Waals surface area contributed by atoms with Gasteiger partial charge in [-0.15, -0.1) is 0 Å². The lowest BCUT2D eigenvalue weighted by atomic mass is 9.94. The van der Waals surface area contributed by atoms with E-state index in [1.165, 1.54) is 0 Å². The molecule has 0 aliphatic carbocycles. The fraction of sp³-hybridized carbons (Fsp3) is 0.556. The first-order chi connectivity index (χ1) is 5.93. The highest BCUT2D eigenvalue weighted by Gasteiger charge is 2.27. The van der Waals surface area contributed by atoms with E-state index >= 15 is 0 Å². The first-order valence-electron chi connectivity index (χ1n) is 4.14. The van der Waals surface area contributed by atoms with Gasteiger partial charge in [0.05, 0.1) is 5.41 Å². The predicted octanol–water partition coefficient (Wildman–Crippen LogP) is 1.30. The lowest BCUT2D eigenvalue weighted by molar-refractivity contribution is -0.147. The summed E-state index contributed by atoms with van der Waals surface area (Å²) < 4.78 is 1.84. The van der Waals surface area contributed by atoms with Crippen molar-refractivity contribution in [2.24, 2.45) is 5.41 Å². The van der Waals surface area contributed by atoms with Gasteiger partial charge in [-0.2, -0.15) is 0 Å². The van der Waals surface area contributed by atoms with Crippen molar-refractivity contribution in [3.63, 3.8) is 0 Å². The number of aromatic nitrogens is 2. The van der Waals surface area contributed by atoms with Crippen LogP contribution in [0.1, 0.15) is 19.7 Å². The molecule has 0 unspecified atom stereocenters. The second-order valence-electron chi connectivity index (χ2n) is 3.79. The van der Waals surface area contributed by atoms with Crippen LogP contribution in [0.2, 0.25) is 0 Å². The summed E-state index contributed by atoms with van der Waals surface area (Å²) in [5, 5.41) is 8.90. The highest BCUT2D eigenvalue weighted by molar-refractivity contribution is 5.73. The van der Waals surface area contributed by atoms with Crippen LogP contribution in [0.15, 0.2) is 12.4 Å². The molecule has 0 aliphatic heterocycles. The number of carbonyl (C=O) groups is 1. The number of aliphatic carboxylic acids is 1. The van der Waals surface area contributed by atoms with Gasteiger partial charge in [0.2, 0.25) is 0 Å². The first-order valence-corrected chi connectivity index (χ1v) is 4.14. The standard InChI is InChI=1S/C9H14N2O2/c1-7-10-4-5-11(7)6-9(2,3)8(12)13/h4-5H,6H2,1-3H3,(H,12,13). The number of carboxylic acids is 1. The van der Waals surface area contributed by atoms with Crippen molar-refractivity contribution < 1.29 is 9.90 Å². The summed E-state index contributed by atoms with van der Waals surface area (Å²) in [7, 11) is 0. The van der Waals surface area contributed by atoms with Gasteiger partial charge in [-0.3, -0.25) is 4.79 Å². The van der Waals surface area contributed by atoms with Gasteiger partial charge in [0.15, 0.2) is 0 Å². The first kappa shape index (κ1) is 9.77. The molecule has 1 heterocycles. The molecule has 0 bridgehead atoms. The number of hydrogen-bond acceptors (Lipinski definition) is 2. The minimum atomic E-state index is -0.791. The summed E-state index contributed by atoms with van der Waals surface area (Å²) in [6.07, 6.45) is 3.47. The number of hydrogen-bond donors (Lipinski definition) is 1. The molecule has 0 aliphatic rings. The van der Waals surface area contributed by atoms with Crippen molar-refractivity contribution in [1.29, 1.82) is 0 Å². The number of nitrogens with zero attached hydrogens (tertiary/aromatic N) is 2. The molecule has 13 heavy (non-hydrogen) atoms. The van der Waals surface area contributed by atoms with Gasteiger partial charge in [0.25, 0.3) is 0 Å². The molecule has 1 rings (SSSR count). The van der Waals surface area contributed by atoms with E-state index < -0.39 is 11.4 Å².